The molecule has 2 aliphatic rings. The lowest BCUT2D eigenvalue weighted by atomic mass is 9.96. The van der Waals surface area contributed by atoms with Crippen LogP contribution in [0.5, 0.6) is 0 Å². The fourth-order valence-electron chi connectivity index (χ4n) is 5.67. The number of benzene rings is 1. The van der Waals surface area contributed by atoms with Gasteiger partial charge in [-0.2, -0.15) is 4.98 Å². The molecule has 0 radical (unpaired) electrons. The minimum atomic E-state index is -3.13. The van der Waals surface area contributed by atoms with E-state index in [2.05, 4.69) is 50.8 Å². The standard InChI is InChI=1S/C28H38FN7O3S/c1-17(2)19-5-6-23(32-13-18-12-30-15-25(18)40(4,37)38)21-14-33-27(11-20(19)21)34-26-7-9-31-28(35-26)36-10-8-24(39-3)22(29)16-36/h5-7,9,11,14,17-18,22,24-25,30,32H,8,10,12-13,15-16H2,1-4H3,(H,31,33,34,35)/t18?,22-,24+,25+/m0/s1. The lowest BCUT2D eigenvalue weighted by Crippen LogP contribution is -2.46. The number of alkyl halides is 1. The number of aromatic nitrogens is 3. The first kappa shape index (κ1) is 28.4. The zero-order valence-corrected chi connectivity index (χ0v) is 24.2. The third kappa shape index (κ3) is 6.13. The van der Waals surface area contributed by atoms with Crippen LogP contribution in [0.15, 0.2) is 36.7 Å². The van der Waals surface area contributed by atoms with Crippen molar-refractivity contribution in [2.24, 2.45) is 5.92 Å². The smallest absolute Gasteiger partial charge is 0.227 e. The number of hydrogen-bond acceptors (Lipinski definition) is 10. The van der Waals surface area contributed by atoms with Crippen molar-refractivity contribution in [2.75, 3.05) is 61.6 Å². The maximum atomic E-state index is 14.4. The summed E-state index contributed by atoms with van der Waals surface area (Å²) in [6.07, 6.45) is 3.88. The zero-order valence-electron chi connectivity index (χ0n) is 23.4. The van der Waals surface area contributed by atoms with Gasteiger partial charge in [-0.3, -0.25) is 0 Å². The maximum Gasteiger partial charge on any atom is 0.227 e. The number of ether oxygens (including phenoxy) is 1. The summed E-state index contributed by atoms with van der Waals surface area (Å²) in [6, 6.07) is 7.93. The van der Waals surface area contributed by atoms with E-state index in [1.165, 1.54) is 18.9 Å². The van der Waals surface area contributed by atoms with Gasteiger partial charge in [0.05, 0.1) is 17.9 Å². The Kier molecular flexibility index (Phi) is 8.39. The van der Waals surface area contributed by atoms with Crippen LogP contribution in [-0.2, 0) is 14.6 Å². The molecule has 1 unspecified atom stereocenters. The summed E-state index contributed by atoms with van der Waals surface area (Å²) < 4.78 is 44.1. The van der Waals surface area contributed by atoms with Gasteiger partial charge in [0.25, 0.3) is 0 Å². The molecule has 0 saturated carbocycles. The number of sulfone groups is 1. The van der Waals surface area contributed by atoms with Crippen molar-refractivity contribution in [3.8, 4) is 0 Å². The van der Waals surface area contributed by atoms with Crippen LogP contribution in [-0.4, -0.2) is 87.0 Å². The van der Waals surface area contributed by atoms with E-state index in [9.17, 15) is 12.8 Å². The monoisotopic (exact) mass is 571 g/mol. The molecule has 2 fully saturated rings. The van der Waals surface area contributed by atoms with Gasteiger partial charge < -0.3 is 25.6 Å². The number of nitrogens with one attached hydrogen (secondary N) is 3. The quantitative estimate of drug-likeness (QED) is 0.352. The van der Waals surface area contributed by atoms with Crippen molar-refractivity contribution in [3.63, 3.8) is 0 Å². The van der Waals surface area contributed by atoms with Gasteiger partial charge in [-0.15, -0.1) is 0 Å². The van der Waals surface area contributed by atoms with Crippen LogP contribution in [0, 0.1) is 5.92 Å². The lowest BCUT2D eigenvalue weighted by Gasteiger charge is -2.33. The molecule has 1 aromatic carbocycles. The highest BCUT2D eigenvalue weighted by atomic mass is 32.2. The topological polar surface area (TPSA) is 121 Å². The Morgan fingerprint density at radius 1 is 1.18 bits per heavy atom. The van der Waals surface area contributed by atoms with Gasteiger partial charge in [0, 0.05) is 68.9 Å². The van der Waals surface area contributed by atoms with Gasteiger partial charge in [-0.05, 0) is 41.5 Å². The second kappa shape index (κ2) is 11.8. The fourth-order valence-corrected chi connectivity index (χ4v) is 6.99. The highest BCUT2D eigenvalue weighted by Crippen LogP contribution is 2.33. The molecule has 2 aliphatic heterocycles. The highest BCUT2D eigenvalue weighted by molar-refractivity contribution is 7.91. The van der Waals surface area contributed by atoms with Crippen molar-refractivity contribution in [3.05, 3.63) is 42.2 Å². The van der Waals surface area contributed by atoms with Gasteiger partial charge in [-0.1, -0.05) is 19.9 Å². The summed E-state index contributed by atoms with van der Waals surface area (Å²) in [5.74, 6) is 1.95. The third-order valence-corrected chi connectivity index (χ3v) is 9.56. The molecule has 0 bridgehead atoms. The predicted octanol–water partition coefficient (Wildman–Crippen LogP) is 3.50. The fraction of sp³-hybridized carbons (Fsp3) is 0.536. The van der Waals surface area contributed by atoms with E-state index < -0.39 is 27.4 Å². The number of fused-ring (bicyclic) bond motifs is 1. The van der Waals surface area contributed by atoms with Gasteiger partial charge in [0.2, 0.25) is 5.95 Å². The number of rotatable bonds is 9. The van der Waals surface area contributed by atoms with Crippen LogP contribution in [0.25, 0.3) is 10.8 Å². The second-order valence-electron chi connectivity index (χ2n) is 11.0. The van der Waals surface area contributed by atoms with Crippen molar-refractivity contribution >= 4 is 43.9 Å². The van der Waals surface area contributed by atoms with Crippen LogP contribution >= 0.6 is 0 Å². The summed E-state index contributed by atoms with van der Waals surface area (Å²) in [5.41, 5.74) is 2.10. The Labute approximate surface area is 235 Å². The lowest BCUT2D eigenvalue weighted by molar-refractivity contribution is 0.0194. The van der Waals surface area contributed by atoms with Crippen molar-refractivity contribution in [2.45, 2.75) is 43.7 Å². The number of pyridine rings is 1. The Balaban J connectivity index is 1.36. The molecule has 4 heterocycles. The van der Waals surface area contributed by atoms with Gasteiger partial charge in [-0.25, -0.2) is 22.8 Å². The van der Waals surface area contributed by atoms with E-state index in [-0.39, 0.29) is 18.4 Å². The van der Waals surface area contributed by atoms with E-state index in [0.29, 0.717) is 50.2 Å². The average Bonchev–Trinajstić information content (AvgIpc) is 3.41. The number of anilines is 4. The first-order valence-electron chi connectivity index (χ1n) is 13.7. The van der Waals surface area contributed by atoms with Crippen molar-refractivity contribution in [1.82, 2.24) is 20.3 Å². The summed E-state index contributed by atoms with van der Waals surface area (Å²) in [6.45, 7) is 6.80. The number of halogens is 1. The molecule has 12 heteroatoms. The molecular weight excluding hydrogens is 533 g/mol. The number of hydrogen-bond donors (Lipinski definition) is 3. The normalized spacial score (nSPS) is 23.6. The summed E-state index contributed by atoms with van der Waals surface area (Å²) in [5, 5.41) is 11.6. The van der Waals surface area contributed by atoms with Crippen LogP contribution in [0.4, 0.5) is 27.7 Å². The molecule has 3 N–H and O–H groups in total. The van der Waals surface area contributed by atoms with Crippen LogP contribution < -0.4 is 20.9 Å². The third-order valence-electron chi connectivity index (χ3n) is 7.91. The van der Waals surface area contributed by atoms with Crippen molar-refractivity contribution < 1.29 is 17.5 Å². The first-order chi connectivity index (χ1) is 19.1. The molecule has 40 heavy (non-hydrogen) atoms. The minimum absolute atomic E-state index is 0.0105. The summed E-state index contributed by atoms with van der Waals surface area (Å²) in [4.78, 5) is 15.5. The second-order valence-corrected chi connectivity index (χ2v) is 13.3. The highest BCUT2D eigenvalue weighted by Gasteiger charge is 2.34. The van der Waals surface area contributed by atoms with E-state index in [1.807, 2.05) is 23.2 Å². The van der Waals surface area contributed by atoms with E-state index in [4.69, 9.17) is 4.74 Å². The molecule has 5 rings (SSSR count). The molecule has 2 aromatic heterocycles. The molecule has 10 nitrogen and oxygen atoms in total. The molecular formula is C28H38FN7O3S. The van der Waals surface area contributed by atoms with E-state index >= 15 is 0 Å². The zero-order chi connectivity index (χ0) is 28.4. The average molecular weight is 572 g/mol. The van der Waals surface area contributed by atoms with Gasteiger partial charge >= 0.3 is 0 Å². The number of methoxy groups -OCH3 is 1. The Bertz CT molecular complexity index is 1460. The van der Waals surface area contributed by atoms with Crippen LogP contribution in [0.3, 0.4) is 0 Å². The predicted molar refractivity (Wildman–Crippen MR) is 157 cm³/mol. The molecule has 0 spiro atoms. The maximum absolute atomic E-state index is 14.4. The summed E-state index contributed by atoms with van der Waals surface area (Å²) in [7, 11) is -1.59. The van der Waals surface area contributed by atoms with E-state index in [0.717, 1.165) is 16.5 Å². The Morgan fingerprint density at radius 3 is 2.73 bits per heavy atom. The number of piperidine rings is 1. The Morgan fingerprint density at radius 2 is 2.00 bits per heavy atom. The molecule has 4 atom stereocenters. The van der Waals surface area contributed by atoms with Crippen LogP contribution in [0.1, 0.15) is 31.7 Å². The van der Waals surface area contributed by atoms with Crippen LogP contribution in [0.2, 0.25) is 0 Å². The molecule has 3 aromatic rings. The SMILES string of the molecule is CO[C@@H]1CCN(c2nccc(Nc3cc4c(C(C)C)ccc(NCC5CNC[C@H]5S(C)(=O)=O)c4cn3)n2)C[C@@H]1F. The first-order valence-corrected chi connectivity index (χ1v) is 15.7. The molecule has 216 valence electrons. The largest absolute Gasteiger partial charge is 0.384 e. The summed E-state index contributed by atoms with van der Waals surface area (Å²) >= 11 is 0. The molecule has 0 aliphatic carbocycles. The Hall–Kier alpha value is -3.09. The minimum Gasteiger partial charge on any atom is -0.384 e. The van der Waals surface area contributed by atoms with Gasteiger partial charge in [0.1, 0.15) is 17.8 Å². The molecule has 0 amide bonds. The van der Waals surface area contributed by atoms with Crippen molar-refractivity contribution in [1.29, 1.82) is 0 Å². The molecule has 2 saturated heterocycles. The van der Waals surface area contributed by atoms with E-state index in [1.54, 1.807) is 12.3 Å². The number of nitrogens with zero attached hydrogens (tertiary/aromatic N) is 4. The van der Waals surface area contributed by atoms with Gasteiger partial charge in [0.15, 0.2) is 9.84 Å².